The minimum Gasteiger partial charge on any atom is -0.489 e. The molecule has 0 atom stereocenters. The zero-order valence-corrected chi connectivity index (χ0v) is 20.3. The van der Waals surface area contributed by atoms with Crippen LogP contribution in [0.25, 0.3) is 15.5 Å². The Bertz CT molecular complexity index is 1500. The lowest BCUT2D eigenvalue weighted by Gasteiger charge is -2.12. The molecule has 10 heteroatoms. The highest BCUT2D eigenvalue weighted by atomic mass is 32.1. The molecule has 1 amide bonds. The van der Waals surface area contributed by atoms with E-state index in [0.29, 0.717) is 28.7 Å². The fourth-order valence-electron chi connectivity index (χ4n) is 3.37. The highest BCUT2D eigenvalue weighted by Crippen LogP contribution is 2.31. The molecular formula is C25H20N6O2S2. The molecule has 5 rings (SSSR count). The molecule has 0 aliphatic carbocycles. The van der Waals surface area contributed by atoms with Crippen molar-refractivity contribution in [2.75, 3.05) is 5.32 Å². The van der Waals surface area contributed by atoms with Gasteiger partial charge in [0, 0.05) is 11.1 Å². The maximum atomic E-state index is 12.7. The monoisotopic (exact) mass is 500 g/mol. The number of benzene rings is 3. The normalized spacial score (nSPS) is 10.8. The minimum absolute atomic E-state index is 0.186. The Morgan fingerprint density at radius 1 is 1.00 bits per heavy atom. The van der Waals surface area contributed by atoms with Crippen LogP contribution in [-0.4, -0.2) is 30.8 Å². The van der Waals surface area contributed by atoms with Crippen LogP contribution in [0.3, 0.4) is 0 Å². The van der Waals surface area contributed by atoms with Crippen molar-refractivity contribution in [1.82, 2.24) is 25.1 Å². The molecule has 5 aromatic rings. The Kier molecular flexibility index (Phi) is 6.47. The molecular weight excluding hydrogens is 480 g/mol. The van der Waals surface area contributed by atoms with Crippen LogP contribution in [0.2, 0.25) is 0 Å². The number of thiocarbonyl (C=S) groups is 1. The summed E-state index contributed by atoms with van der Waals surface area (Å²) in [5.74, 6) is 1.08. The molecule has 2 N–H and O–H groups in total. The van der Waals surface area contributed by atoms with Gasteiger partial charge in [0.25, 0.3) is 5.91 Å². The number of hydrogen-bond acceptors (Lipinski definition) is 7. The van der Waals surface area contributed by atoms with Crippen molar-refractivity contribution in [3.05, 3.63) is 95.8 Å². The number of anilines is 1. The van der Waals surface area contributed by atoms with E-state index in [1.807, 2.05) is 61.5 Å². The molecule has 0 aliphatic heterocycles. The molecule has 8 nitrogen and oxygen atoms in total. The fourth-order valence-corrected chi connectivity index (χ4v) is 4.50. The van der Waals surface area contributed by atoms with Crippen LogP contribution >= 0.6 is 23.6 Å². The first-order chi connectivity index (χ1) is 17.1. The molecule has 0 saturated heterocycles. The van der Waals surface area contributed by atoms with Gasteiger partial charge in [-0.2, -0.15) is 9.61 Å². The number of amides is 1. The van der Waals surface area contributed by atoms with Gasteiger partial charge in [-0.3, -0.25) is 10.1 Å². The fraction of sp³-hybridized carbons (Fsp3) is 0.0800. The maximum Gasteiger partial charge on any atom is 0.257 e. The van der Waals surface area contributed by atoms with Crippen molar-refractivity contribution >= 4 is 45.2 Å². The van der Waals surface area contributed by atoms with Gasteiger partial charge in [0.2, 0.25) is 4.96 Å². The topological polar surface area (TPSA) is 93.4 Å². The highest BCUT2D eigenvalue weighted by molar-refractivity contribution is 7.80. The van der Waals surface area contributed by atoms with E-state index < -0.39 is 0 Å². The predicted molar refractivity (Wildman–Crippen MR) is 140 cm³/mol. The van der Waals surface area contributed by atoms with Gasteiger partial charge in [0.15, 0.2) is 10.9 Å². The third-order valence-corrected chi connectivity index (χ3v) is 6.28. The molecule has 3 aromatic carbocycles. The smallest absolute Gasteiger partial charge is 0.257 e. The standard InChI is InChI=1S/C25H20N6O2S2/c1-16-28-29-25-31(16)30-23(35-25)20-9-5-6-10-21(20)26-24(34)27-22(32)18-11-13-19(14-12-18)33-15-17-7-3-2-4-8-17/h2-14H,15H2,1H3,(H2,26,27,32,34). The lowest BCUT2D eigenvalue weighted by atomic mass is 10.2. The number of nitrogens with one attached hydrogen (secondary N) is 2. The quantitative estimate of drug-likeness (QED) is 0.321. The number of fused-ring (bicyclic) bond motifs is 1. The van der Waals surface area contributed by atoms with Crippen LogP contribution in [0, 0.1) is 6.92 Å². The van der Waals surface area contributed by atoms with Crippen molar-refractivity contribution in [3.8, 4) is 16.3 Å². The molecule has 0 fully saturated rings. The molecule has 0 radical (unpaired) electrons. The van der Waals surface area contributed by atoms with Crippen molar-refractivity contribution in [3.63, 3.8) is 0 Å². The van der Waals surface area contributed by atoms with E-state index in [1.54, 1.807) is 28.8 Å². The zero-order valence-electron chi connectivity index (χ0n) is 18.6. The van der Waals surface area contributed by atoms with E-state index >= 15 is 0 Å². The first-order valence-corrected chi connectivity index (χ1v) is 12.0. The lowest BCUT2D eigenvalue weighted by Crippen LogP contribution is -2.34. The van der Waals surface area contributed by atoms with Crippen molar-refractivity contribution in [2.24, 2.45) is 0 Å². The van der Waals surface area contributed by atoms with E-state index in [2.05, 4.69) is 25.9 Å². The Morgan fingerprint density at radius 3 is 2.51 bits per heavy atom. The molecule has 0 spiro atoms. The van der Waals surface area contributed by atoms with E-state index in [0.717, 1.165) is 21.8 Å². The highest BCUT2D eigenvalue weighted by Gasteiger charge is 2.15. The molecule has 0 unspecified atom stereocenters. The van der Waals surface area contributed by atoms with E-state index in [1.165, 1.54) is 11.3 Å². The Balaban J connectivity index is 1.22. The molecule has 0 bridgehead atoms. The van der Waals surface area contributed by atoms with Crippen LogP contribution in [0.15, 0.2) is 78.9 Å². The largest absolute Gasteiger partial charge is 0.489 e. The van der Waals surface area contributed by atoms with E-state index in [4.69, 9.17) is 17.0 Å². The van der Waals surface area contributed by atoms with Crippen LogP contribution < -0.4 is 15.4 Å². The summed E-state index contributed by atoms with van der Waals surface area (Å²) in [5, 5.41) is 19.5. The molecule has 2 heterocycles. The van der Waals surface area contributed by atoms with Crippen molar-refractivity contribution < 1.29 is 9.53 Å². The second-order valence-corrected chi connectivity index (χ2v) is 8.97. The van der Waals surface area contributed by atoms with Gasteiger partial charge >= 0.3 is 0 Å². The number of aryl methyl sites for hydroxylation is 1. The summed E-state index contributed by atoms with van der Waals surface area (Å²) in [5.41, 5.74) is 3.12. The van der Waals surface area contributed by atoms with Gasteiger partial charge in [-0.15, -0.1) is 10.2 Å². The first-order valence-electron chi connectivity index (χ1n) is 10.7. The summed E-state index contributed by atoms with van der Waals surface area (Å²) < 4.78 is 7.48. The molecule has 174 valence electrons. The molecule has 35 heavy (non-hydrogen) atoms. The average Bonchev–Trinajstić information content (AvgIpc) is 3.46. The van der Waals surface area contributed by atoms with Gasteiger partial charge in [-0.05, 0) is 61.1 Å². The molecule has 2 aromatic heterocycles. The summed E-state index contributed by atoms with van der Waals surface area (Å²) in [7, 11) is 0. The van der Waals surface area contributed by atoms with Crippen molar-refractivity contribution in [1.29, 1.82) is 0 Å². The number of hydrogen-bond donors (Lipinski definition) is 2. The van der Waals surface area contributed by atoms with Crippen LogP contribution in [0.5, 0.6) is 5.75 Å². The van der Waals surface area contributed by atoms with E-state index in [-0.39, 0.29) is 11.0 Å². The molecule has 0 saturated carbocycles. The second-order valence-electron chi connectivity index (χ2n) is 7.60. The predicted octanol–water partition coefficient (Wildman–Crippen LogP) is 4.87. The third kappa shape index (κ3) is 5.18. The number of ether oxygens (including phenoxy) is 1. The number of carbonyl (C=O) groups excluding carboxylic acids is 1. The van der Waals surface area contributed by atoms with Gasteiger partial charge in [-0.1, -0.05) is 53.8 Å². The SMILES string of the molecule is Cc1nnc2sc(-c3ccccc3NC(=S)NC(=O)c3ccc(OCc4ccccc4)cc3)nn12. The summed E-state index contributed by atoms with van der Waals surface area (Å²) in [4.78, 5) is 13.4. The second kappa shape index (κ2) is 10.00. The van der Waals surface area contributed by atoms with Gasteiger partial charge in [-0.25, -0.2) is 0 Å². The Labute approximate surface area is 210 Å². The van der Waals surface area contributed by atoms with Gasteiger partial charge in [0.05, 0.1) is 5.69 Å². The number of rotatable bonds is 6. The first kappa shape index (κ1) is 22.6. The zero-order chi connectivity index (χ0) is 24.2. The summed E-state index contributed by atoms with van der Waals surface area (Å²) in [6.45, 7) is 2.31. The lowest BCUT2D eigenvalue weighted by molar-refractivity contribution is 0.0977. The third-order valence-electron chi connectivity index (χ3n) is 5.14. The minimum atomic E-state index is -0.316. The molecule has 0 aliphatic rings. The average molecular weight is 501 g/mol. The number of carbonyl (C=O) groups is 1. The van der Waals surface area contributed by atoms with E-state index in [9.17, 15) is 4.79 Å². The maximum absolute atomic E-state index is 12.7. The van der Waals surface area contributed by atoms with Crippen LogP contribution in [-0.2, 0) is 6.61 Å². The number of para-hydroxylation sites is 1. The number of nitrogens with zero attached hydrogens (tertiary/aromatic N) is 4. The Morgan fingerprint density at radius 2 is 1.74 bits per heavy atom. The van der Waals surface area contributed by atoms with Crippen molar-refractivity contribution in [2.45, 2.75) is 13.5 Å². The van der Waals surface area contributed by atoms with Crippen LogP contribution in [0.4, 0.5) is 5.69 Å². The van der Waals surface area contributed by atoms with Gasteiger partial charge in [0.1, 0.15) is 17.4 Å². The number of aromatic nitrogens is 4. The van der Waals surface area contributed by atoms with Crippen LogP contribution in [0.1, 0.15) is 21.7 Å². The summed E-state index contributed by atoms with van der Waals surface area (Å²) >= 11 is 6.82. The summed E-state index contributed by atoms with van der Waals surface area (Å²) in [6.07, 6.45) is 0. The van der Waals surface area contributed by atoms with Gasteiger partial charge < -0.3 is 10.1 Å². The summed E-state index contributed by atoms with van der Waals surface area (Å²) in [6, 6.07) is 24.4. The Hall–Kier alpha value is -4.15.